The molecule has 0 N–H and O–H groups in total. The van der Waals surface area contributed by atoms with E-state index in [2.05, 4.69) is 23.6 Å². The maximum Gasteiger partial charge on any atom is 0.239 e. The fourth-order valence-electron chi connectivity index (χ4n) is 5.02. The lowest BCUT2D eigenvalue weighted by molar-refractivity contribution is -0.143. The second-order valence-corrected chi connectivity index (χ2v) is 8.73. The predicted octanol–water partition coefficient (Wildman–Crippen LogP) is 2.21. The number of carbonyl (C=O) groups is 2. The number of hydrogen-bond donors (Lipinski definition) is 0. The molecule has 3 heterocycles. The second-order valence-electron chi connectivity index (χ2n) is 8.73. The molecule has 142 valence electrons. The van der Waals surface area contributed by atoms with Gasteiger partial charge in [0, 0.05) is 32.7 Å². The second kappa shape index (κ2) is 8.07. The Hall–Kier alpha value is -1.10. The molecule has 0 saturated carbocycles. The van der Waals surface area contributed by atoms with Crippen molar-refractivity contribution in [1.29, 1.82) is 0 Å². The summed E-state index contributed by atoms with van der Waals surface area (Å²) in [4.78, 5) is 32.1. The maximum atomic E-state index is 13.0. The molecule has 4 atom stereocenters. The molecule has 0 radical (unpaired) electrons. The fraction of sp³-hybridized carbons (Fsp3) is 0.900. The topological polar surface area (TPSA) is 43.9 Å². The van der Waals surface area contributed by atoms with E-state index in [1.807, 2.05) is 11.8 Å². The molecule has 0 aromatic rings. The van der Waals surface area contributed by atoms with Crippen molar-refractivity contribution in [3.63, 3.8) is 0 Å². The van der Waals surface area contributed by atoms with Crippen molar-refractivity contribution >= 4 is 11.8 Å². The average molecular weight is 350 g/mol. The summed E-state index contributed by atoms with van der Waals surface area (Å²) >= 11 is 0. The van der Waals surface area contributed by atoms with Crippen LogP contribution >= 0.6 is 0 Å². The Morgan fingerprint density at radius 3 is 2.16 bits per heavy atom. The van der Waals surface area contributed by atoms with Crippen molar-refractivity contribution in [2.75, 3.05) is 39.3 Å². The van der Waals surface area contributed by atoms with Crippen LogP contribution in [-0.4, -0.2) is 71.8 Å². The van der Waals surface area contributed by atoms with Gasteiger partial charge in [0.1, 0.15) is 0 Å². The van der Waals surface area contributed by atoms with Gasteiger partial charge in [-0.05, 0) is 57.4 Å². The molecule has 3 fully saturated rings. The molecule has 0 bridgehead atoms. The Morgan fingerprint density at radius 2 is 1.52 bits per heavy atom. The molecule has 5 nitrogen and oxygen atoms in total. The van der Waals surface area contributed by atoms with E-state index >= 15 is 0 Å². The van der Waals surface area contributed by atoms with E-state index in [-0.39, 0.29) is 17.9 Å². The maximum absolute atomic E-state index is 13.0. The number of rotatable bonds is 3. The molecule has 0 spiro atoms. The van der Waals surface area contributed by atoms with Crippen molar-refractivity contribution in [2.24, 2.45) is 17.8 Å². The quantitative estimate of drug-likeness (QED) is 0.785. The number of amides is 2. The van der Waals surface area contributed by atoms with Crippen LogP contribution in [0.2, 0.25) is 0 Å². The van der Waals surface area contributed by atoms with Crippen LogP contribution in [-0.2, 0) is 9.59 Å². The van der Waals surface area contributed by atoms with Crippen LogP contribution in [0.25, 0.3) is 0 Å². The molecule has 25 heavy (non-hydrogen) atoms. The fourth-order valence-corrected chi connectivity index (χ4v) is 5.02. The molecule has 3 aliphatic heterocycles. The molecule has 5 heteroatoms. The number of nitrogens with zero attached hydrogens (tertiary/aromatic N) is 3. The third-order valence-corrected chi connectivity index (χ3v) is 6.31. The van der Waals surface area contributed by atoms with Gasteiger partial charge in [-0.3, -0.25) is 14.5 Å². The molecule has 0 aromatic heterocycles. The van der Waals surface area contributed by atoms with Crippen molar-refractivity contribution in [2.45, 2.75) is 58.9 Å². The van der Waals surface area contributed by atoms with E-state index in [0.717, 1.165) is 65.0 Å². The first-order chi connectivity index (χ1) is 12.0. The zero-order valence-electron chi connectivity index (χ0n) is 16.2. The van der Waals surface area contributed by atoms with E-state index in [0.29, 0.717) is 17.7 Å². The van der Waals surface area contributed by atoms with Crippen molar-refractivity contribution < 1.29 is 9.59 Å². The standard InChI is InChI=1S/C20H35N3O2/c1-15-11-16(2)13-23(12-15)19(24)17(3)22-10-6-7-18(14-22)20(25)21-8-4-5-9-21/h15-18H,4-14H2,1-3H3/t15-,16+,17-,18+/m0/s1. The van der Waals surface area contributed by atoms with E-state index in [4.69, 9.17) is 0 Å². The van der Waals surface area contributed by atoms with Gasteiger partial charge in [0.2, 0.25) is 11.8 Å². The zero-order valence-corrected chi connectivity index (χ0v) is 16.2. The van der Waals surface area contributed by atoms with Crippen LogP contribution in [0.3, 0.4) is 0 Å². The Bertz CT molecular complexity index is 479. The molecule has 0 aromatic carbocycles. The summed E-state index contributed by atoms with van der Waals surface area (Å²) in [6.45, 7) is 11.8. The summed E-state index contributed by atoms with van der Waals surface area (Å²) in [6, 6.07) is -0.105. The average Bonchev–Trinajstić information content (AvgIpc) is 3.13. The SMILES string of the molecule is C[C@@H]1C[C@H](C)CN(C(=O)[C@H](C)N2CCC[C@@H](C(=O)N3CCCC3)C2)C1. The van der Waals surface area contributed by atoms with Crippen molar-refractivity contribution in [3.8, 4) is 0 Å². The lowest BCUT2D eigenvalue weighted by atomic mass is 9.91. The zero-order chi connectivity index (χ0) is 18.0. The van der Waals surface area contributed by atoms with E-state index < -0.39 is 0 Å². The van der Waals surface area contributed by atoms with Crippen LogP contribution < -0.4 is 0 Å². The van der Waals surface area contributed by atoms with E-state index in [1.54, 1.807) is 0 Å². The highest BCUT2D eigenvalue weighted by Crippen LogP contribution is 2.25. The van der Waals surface area contributed by atoms with Gasteiger partial charge >= 0.3 is 0 Å². The van der Waals surface area contributed by atoms with Crippen molar-refractivity contribution in [1.82, 2.24) is 14.7 Å². The van der Waals surface area contributed by atoms with Gasteiger partial charge in [0.25, 0.3) is 0 Å². The molecule has 0 aliphatic carbocycles. The van der Waals surface area contributed by atoms with E-state index in [9.17, 15) is 9.59 Å². The van der Waals surface area contributed by atoms with Gasteiger partial charge < -0.3 is 9.80 Å². The normalized spacial score (nSPS) is 32.7. The summed E-state index contributed by atoms with van der Waals surface area (Å²) in [6.07, 6.45) is 5.50. The summed E-state index contributed by atoms with van der Waals surface area (Å²) in [5.41, 5.74) is 0. The van der Waals surface area contributed by atoms with Gasteiger partial charge in [-0.2, -0.15) is 0 Å². The molecular weight excluding hydrogens is 314 g/mol. The third-order valence-electron chi connectivity index (χ3n) is 6.31. The summed E-state index contributed by atoms with van der Waals surface area (Å²) in [5, 5.41) is 0. The molecule has 2 amide bonds. The lowest BCUT2D eigenvalue weighted by Gasteiger charge is -2.41. The predicted molar refractivity (Wildman–Crippen MR) is 99.1 cm³/mol. The van der Waals surface area contributed by atoms with Crippen LogP contribution in [0.15, 0.2) is 0 Å². The Labute approximate surface area is 152 Å². The Balaban J connectivity index is 1.58. The summed E-state index contributed by atoms with van der Waals surface area (Å²) in [7, 11) is 0. The first kappa shape index (κ1) is 18.7. The number of likely N-dealkylation sites (tertiary alicyclic amines) is 3. The van der Waals surface area contributed by atoms with Crippen LogP contribution in [0, 0.1) is 17.8 Å². The summed E-state index contributed by atoms with van der Waals surface area (Å²) < 4.78 is 0. The highest BCUT2D eigenvalue weighted by molar-refractivity contribution is 5.82. The molecule has 3 saturated heterocycles. The van der Waals surface area contributed by atoms with Gasteiger partial charge in [-0.15, -0.1) is 0 Å². The minimum atomic E-state index is -0.105. The Kier molecular flexibility index (Phi) is 6.03. The highest BCUT2D eigenvalue weighted by atomic mass is 16.2. The number of carbonyl (C=O) groups excluding carboxylic acids is 2. The van der Waals surface area contributed by atoms with E-state index in [1.165, 1.54) is 6.42 Å². The molecule has 0 unspecified atom stereocenters. The van der Waals surface area contributed by atoms with Crippen LogP contribution in [0.1, 0.15) is 52.9 Å². The van der Waals surface area contributed by atoms with Crippen LogP contribution in [0.4, 0.5) is 0 Å². The number of piperidine rings is 2. The first-order valence-electron chi connectivity index (χ1n) is 10.3. The monoisotopic (exact) mass is 349 g/mol. The van der Waals surface area contributed by atoms with Gasteiger partial charge in [0.05, 0.1) is 12.0 Å². The van der Waals surface area contributed by atoms with Crippen molar-refractivity contribution in [3.05, 3.63) is 0 Å². The third kappa shape index (κ3) is 4.36. The largest absolute Gasteiger partial charge is 0.342 e. The van der Waals surface area contributed by atoms with Gasteiger partial charge in [-0.25, -0.2) is 0 Å². The highest BCUT2D eigenvalue weighted by Gasteiger charge is 2.36. The minimum Gasteiger partial charge on any atom is -0.342 e. The lowest BCUT2D eigenvalue weighted by Crippen LogP contribution is -2.54. The number of hydrogen-bond acceptors (Lipinski definition) is 3. The molecule has 3 rings (SSSR count). The molecular formula is C20H35N3O2. The van der Waals surface area contributed by atoms with Gasteiger partial charge in [-0.1, -0.05) is 13.8 Å². The smallest absolute Gasteiger partial charge is 0.239 e. The first-order valence-corrected chi connectivity index (χ1v) is 10.3. The molecule has 3 aliphatic rings. The van der Waals surface area contributed by atoms with Gasteiger partial charge in [0.15, 0.2) is 0 Å². The summed E-state index contributed by atoms with van der Waals surface area (Å²) in [5.74, 6) is 1.84. The Morgan fingerprint density at radius 1 is 0.880 bits per heavy atom. The minimum absolute atomic E-state index is 0.0845. The van der Waals surface area contributed by atoms with Crippen LogP contribution in [0.5, 0.6) is 0 Å².